The number of carbonyl (C=O) groups excluding carboxylic acids is 2. The van der Waals surface area contributed by atoms with E-state index in [0.29, 0.717) is 24.7 Å². The summed E-state index contributed by atoms with van der Waals surface area (Å²) in [5, 5.41) is 2.90. The third-order valence-corrected chi connectivity index (χ3v) is 5.40. The van der Waals surface area contributed by atoms with Crippen molar-refractivity contribution >= 4 is 17.7 Å². The Morgan fingerprint density at radius 3 is 2.59 bits per heavy atom. The molecule has 0 aromatic heterocycles. The smallest absolute Gasteiger partial charge is 0.407 e. The molecule has 1 heterocycles. The van der Waals surface area contributed by atoms with Crippen LogP contribution >= 0.6 is 0 Å². The highest BCUT2D eigenvalue weighted by molar-refractivity contribution is 5.89. The summed E-state index contributed by atoms with van der Waals surface area (Å²) in [7, 11) is 0. The van der Waals surface area contributed by atoms with Crippen LogP contribution in [0.25, 0.3) is 0 Å². The predicted octanol–water partition coefficient (Wildman–Crippen LogP) is 4.61. The highest BCUT2D eigenvalue weighted by Crippen LogP contribution is 2.29. The first-order chi connectivity index (χ1) is 15.4. The summed E-state index contributed by atoms with van der Waals surface area (Å²) in [6, 6.07) is 15.6. The summed E-state index contributed by atoms with van der Waals surface area (Å²) in [5.74, 6) is 0.0551. The van der Waals surface area contributed by atoms with Gasteiger partial charge in [0.15, 0.2) is 0 Å². The van der Waals surface area contributed by atoms with Crippen molar-refractivity contribution in [2.45, 2.75) is 46.1 Å². The lowest BCUT2D eigenvalue weighted by Crippen LogP contribution is -2.35. The molecule has 0 aliphatic carbocycles. The second-order valence-electron chi connectivity index (χ2n) is 8.80. The Bertz CT molecular complexity index is 898. The molecule has 1 N–H and O–H groups in total. The van der Waals surface area contributed by atoms with Gasteiger partial charge in [0.2, 0.25) is 0 Å². The number of anilines is 1. The van der Waals surface area contributed by atoms with E-state index < -0.39 is 0 Å². The van der Waals surface area contributed by atoms with Gasteiger partial charge in [-0.05, 0) is 61.4 Å². The molecule has 0 radical (unpaired) electrons. The molecule has 0 saturated heterocycles. The maximum Gasteiger partial charge on any atom is 0.407 e. The number of carbonyl (C=O) groups is 2. The van der Waals surface area contributed by atoms with Crippen molar-refractivity contribution in [1.82, 2.24) is 5.32 Å². The molecule has 6 heteroatoms. The molecular formula is C26H34N2O4. The molecule has 1 atom stereocenters. The first kappa shape index (κ1) is 23.6. The monoisotopic (exact) mass is 438 g/mol. The van der Waals surface area contributed by atoms with E-state index in [1.807, 2.05) is 39.0 Å². The molecule has 172 valence electrons. The number of nitrogens with zero attached hydrogens (tertiary/aromatic N) is 1. The van der Waals surface area contributed by atoms with Gasteiger partial charge < -0.3 is 19.7 Å². The van der Waals surface area contributed by atoms with E-state index in [9.17, 15) is 9.59 Å². The Morgan fingerprint density at radius 2 is 1.84 bits per heavy atom. The lowest BCUT2D eigenvalue weighted by Gasteiger charge is -2.20. The van der Waals surface area contributed by atoms with Gasteiger partial charge in [-0.15, -0.1) is 0 Å². The average molecular weight is 439 g/mol. The third kappa shape index (κ3) is 7.01. The van der Waals surface area contributed by atoms with Crippen LogP contribution in [0, 0.1) is 5.92 Å². The van der Waals surface area contributed by atoms with Crippen LogP contribution in [0.2, 0.25) is 0 Å². The molecule has 2 aromatic rings. The minimum absolute atomic E-state index is 0.00418. The van der Waals surface area contributed by atoms with Crippen LogP contribution in [0.15, 0.2) is 48.5 Å². The van der Waals surface area contributed by atoms with E-state index >= 15 is 0 Å². The number of ether oxygens (including phenoxy) is 2. The quantitative estimate of drug-likeness (QED) is 0.433. The Morgan fingerprint density at radius 1 is 1.06 bits per heavy atom. The van der Waals surface area contributed by atoms with Crippen LogP contribution in [-0.4, -0.2) is 44.4 Å². The van der Waals surface area contributed by atoms with Crippen molar-refractivity contribution < 1.29 is 19.1 Å². The number of nitrogens with one attached hydrogen (secondary N) is 1. The van der Waals surface area contributed by atoms with E-state index in [1.54, 1.807) is 12.1 Å². The first-order valence-electron chi connectivity index (χ1n) is 11.4. The first-order valence-corrected chi connectivity index (χ1v) is 11.4. The minimum atomic E-state index is -0.355. The summed E-state index contributed by atoms with van der Waals surface area (Å²) >= 11 is 0. The fraction of sp³-hybridized carbons (Fsp3) is 0.462. The molecular weight excluding hydrogens is 404 g/mol. The summed E-state index contributed by atoms with van der Waals surface area (Å²) < 4.78 is 10.6. The van der Waals surface area contributed by atoms with Crippen LogP contribution < -0.4 is 10.2 Å². The number of esters is 1. The minimum Gasteiger partial charge on any atom is -0.462 e. The number of hydrogen-bond donors (Lipinski definition) is 1. The Labute approximate surface area is 190 Å². The lowest BCUT2D eigenvalue weighted by molar-refractivity contribution is 0.0502. The van der Waals surface area contributed by atoms with Gasteiger partial charge in [0.25, 0.3) is 0 Å². The highest BCUT2D eigenvalue weighted by Gasteiger charge is 2.20. The molecule has 0 saturated carbocycles. The molecule has 1 aliphatic heterocycles. The normalized spacial score (nSPS) is 13.6. The van der Waals surface area contributed by atoms with Crippen molar-refractivity contribution in [2.24, 2.45) is 5.92 Å². The Balaban J connectivity index is 1.43. The number of rotatable bonds is 10. The van der Waals surface area contributed by atoms with Crippen molar-refractivity contribution in [1.29, 1.82) is 0 Å². The molecule has 1 aliphatic rings. The van der Waals surface area contributed by atoms with Crippen LogP contribution in [-0.2, 0) is 22.3 Å². The van der Waals surface area contributed by atoms with Gasteiger partial charge >= 0.3 is 12.1 Å². The van der Waals surface area contributed by atoms with E-state index in [4.69, 9.17) is 9.47 Å². The summed E-state index contributed by atoms with van der Waals surface area (Å²) in [5.41, 5.74) is 4.38. The zero-order valence-electron chi connectivity index (χ0n) is 19.3. The maximum absolute atomic E-state index is 12.0. The summed E-state index contributed by atoms with van der Waals surface area (Å²) in [6.45, 7) is 8.69. The number of hydrogen-bond acceptors (Lipinski definition) is 5. The van der Waals surface area contributed by atoms with E-state index in [2.05, 4.69) is 28.4 Å². The standard InChI is InChI=1S/C26H34N2O4/c1-19(2)18-32-26(30)27-20(3)16-21-10-11-24-23(17-21)12-14-28(24)13-7-15-31-25(29)22-8-5-4-6-9-22/h4-6,8-11,17,19-20H,7,12-16,18H2,1-3H3,(H,27,30)/t20-/m1/s1. The number of fused-ring (bicyclic) bond motifs is 1. The number of benzene rings is 2. The zero-order chi connectivity index (χ0) is 22.9. The van der Waals surface area contributed by atoms with Crippen molar-refractivity contribution in [3.05, 3.63) is 65.2 Å². The number of alkyl carbamates (subject to hydrolysis) is 1. The summed E-state index contributed by atoms with van der Waals surface area (Å²) in [6.07, 6.45) is 2.20. The Kier molecular flexibility index (Phi) is 8.54. The molecule has 0 bridgehead atoms. The second-order valence-corrected chi connectivity index (χ2v) is 8.80. The topological polar surface area (TPSA) is 67.9 Å². The molecule has 0 unspecified atom stereocenters. The van der Waals surface area contributed by atoms with Crippen molar-refractivity contribution in [2.75, 3.05) is 31.2 Å². The van der Waals surface area contributed by atoms with Gasteiger partial charge in [0.05, 0.1) is 18.8 Å². The molecule has 32 heavy (non-hydrogen) atoms. The second kappa shape index (κ2) is 11.6. The SMILES string of the molecule is CC(C)COC(=O)N[C@H](C)Cc1ccc2c(c1)CCN2CCCOC(=O)c1ccccc1. The highest BCUT2D eigenvalue weighted by atomic mass is 16.5. The van der Waals surface area contributed by atoms with Crippen LogP contribution in [0.3, 0.4) is 0 Å². The van der Waals surface area contributed by atoms with Crippen molar-refractivity contribution in [3.63, 3.8) is 0 Å². The van der Waals surface area contributed by atoms with Gasteiger partial charge in [0, 0.05) is 24.8 Å². The zero-order valence-corrected chi connectivity index (χ0v) is 19.3. The van der Waals surface area contributed by atoms with Gasteiger partial charge in [0.1, 0.15) is 0 Å². The van der Waals surface area contributed by atoms with Gasteiger partial charge in [-0.3, -0.25) is 0 Å². The molecule has 2 aromatic carbocycles. The van der Waals surface area contributed by atoms with Crippen LogP contribution in [0.5, 0.6) is 0 Å². The molecule has 0 fully saturated rings. The van der Waals surface area contributed by atoms with Crippen LogP contribution in [0.4, 0.5) is 10.5 Å². The lowest BCUT2D eigenvalue weighted by atomic mass is 10.0. The van der Waals surface area contributed by atoms with Crippen molar-refractivity contribution in [3.8, 4) is 0 Å². The van der Waals surface area contributed by atoms with Crippen LogP contribution in [0.1, 0.15) is 48.7 Å². The largest absolute Gasteiger partial charge is 0.462 e. The predicted molar refractivity (Wildman–Crippen MR) is 126 cm³/mol. The summed E-state index contributed by atoms with van der Waals surface area (Å²) in [4.78, 5) is 26.2. The molecule has 6 nitrogen and oxygen atoms in total. The van der Waals surface area contributed by atoms with Gasteiger partial charge in [-0.25, -0.2) is 9.59 Å². The maximum atomic E-state index is 12.0. The Hall–Kier alpha value is -3.02. The van der Waals surface area contributed by atoms with E-state index in [0.717, 1.165) is 32.4 Å². The molecule has 1 amide bonds. The molecule has 3 rings (SSSR count). The molecule has 0 spiro atoms. The fourth-order valence-corrected chi connectivity index (χ4v) is 3.85. The fourth-order valence-electron chi connectivity index (χ4n) is 3.85. The van der Waals surface area contributed by atoms with Gasteiger partial charge in [-0.1, -0.05) is 44.2 Å². The van der Waals surface area contributed by atoms with E-state index in [-0.39, 0.29) is 18.1 Å². The van der Waals surface area contributed by atoms with E-state index in [1.165, 1.54) is 16.8 Å². The van der Waals surface area contributed by atoms with Gasteiger partial charge in [-0.2, -0.15) is 0 Å². The third-order valence-electron chi connectivity index (χ3n) is 5.40. The number of amides is 1. The average Bonchev–Trinajstić information content (AvgIpc) is 3.17.